The molecule has 17 heavy (non-hydrogen) atoms. The average molecular weight is 247 g/mol. The van der Waals surface area contributed by atoms with Gasteiger partial charge in [0.1, 0.15) is 0 Å². The molecule has 0 saturated carbocycles. The molecule has 0 fully saturated rings. The topological polar surface area (TPSA) is 38.0 Å². The van der Waals surface area contributed by atoms with Crippen LogP contribution in [0.3, 0.4) is 0 Å². The van der Waals surface area contributed by atoms with E-state index in [1.165, 1.54) is 5.56 Å². The van der Waals surface area contributed by atoms with Crippen LogP contribution >= 0.6 is 11.6 Å². The van der Waals surface area contributed by atoms with Gasteiger partial charge in [0.25, 0.3) is 0 Å². The molecule has 0 aliphatic heterocycles. The minimum Gasteiger partial charge on any atom is -0.397 e. The number of nitrogen functional groups attached to an aromatic ring is 1. The van der Waals surface area contributed by atoms with Crippen molar-refractivity contribution in [2.24, 2.45) is 0 Å². The minimum absolute atomic E-state index is 0.731. The standard InChI is InChI=1S/C14H15ClN2/c1-9-6-7-12(16)14(8-9)17-13-5-3-4-11(15)10(13)2/h3-8,17H,16H2,1-2H3. The van der Waals surface area contributed by atoms with Gasteiger partial charge in [-0.3, -0.25) is 0 Å². The van der Waals surface area contributed by atoms with Gasteiger partial charge in [0.2, 0.25) is 0 Å². The highest BCUT2D eigenvalue weighted by Gasteiger charge is 2.04. The summed E-state index contributed by atoms with van der Waals surface area (Å²) in [5.74, 6) is 0. The van der Waals surface area contributed by atoms with Crippen LogP contribution in [0.15, 0.2) is 36.4 Å². The number of halogens is 1. The lowest BCUT2D eigenvalue weighted by Gasteiger charge is -2.13. The first kappa shape index (κ1) is 11.8. The van der Waals surface area contributed by atoms with Crippen LogP contribution in [-0.4, -0.2) is 0 Å². The van der Waals surface area contributed by atoms with E-state index in [0.717, 1.165) is 27.6 Å². The van der Waals surface area contributed by atoms with Crippen molar-refractivity contribution < 1.29 is 0 Å². The largest absolute Gasteiger partial charge is 0.397 e. The Balaban J connectivity index is 2.38. The van der Waals surface area contributed by atoms with Gasteiger partial charge in [0, 0.05) is 10.7 Å². The average Bonchev–Trinajstić information content (AvgIpc) is 2.30. The second kappa shape index (κ2) is 4.68. The Kier molecular flexibility index (Phi) is 3.25. The summed E-state index contributed by atoms with van der Waals surface area (Å²) in [4.78, 5) is 0. The van der Waals surface area contributed by atoms with Gasteiger partial charge in [0.05, 0.1) is 11.4 Å². The molecule has 0 spiro atoms. The summed E-state index contributed by atoms with van der Waals surface area (Å²) in [6.45, 7) is 4.02. The molecule has 0 radical (unpaired) electrons. The molecule has 0 bridgehead atoms. The molecule has 2 rings (SSSR count). The van der Waals surface area contributed by atoms with E-state index in [4.69, 9.17) is 17.3 Å². The van der Waals surface area contributed by atoms with Gasteiger partial charge in [-0.1, -0.05) is 23.7 Å². The van der Waals surface area contributed by atoms with Crippen molar-refractivity contribution in [1.29, 1.82) is 0 Å². The molecule has 0 atom stereocenters. The summed E-state index contributed by atoms with van der Waals surface area (Å²) in [7, 11) is 0. The van der Waals surface area contributed by atoms with Crippen LogP contribution < -0.4 is 11.1 Å². The Hall–Kier alpha value is -1.67. The van der Waals surface area contributed by atoms with Gasteiger partial charge in [-0.2, -0.15) is 0 Å². The Morgan fingerprint density at radius 1 is 1.06 bits per heavy atom. The molecule has 0 heterocycles. The quantitative estimate of drug-likeness (QED) is 0.776. The molecule has 0 aliphatic rings. The number of hydrogen-bond donors (Lipinski definition) is 2. The second-order valence-electron chi connectivity index (χ2n) is 4.13. The van der Waals surface area contributed by atoms with Gasteiger partial charge < -0.3 is 11.1 Å². The van der Waals surface area contributed by atoms with Crippen LogP contribution in [0.1, 0.15) is 11.1 Å². The van der Waals surface area contributed by atoms with E-state index in [1.807, 2.05) is 50.2 Å². The lowest BCUT2D eigenvalue weighted by Crippen LogP contribution is -1.98. The molecule has 0 saturated heterocycles. The van der Waals surface area contributed by atoms with Crippen molar-refractivity contribution in [2.45, 2.75) is 13.8 Å². The van der Waals surface area contributed by atoms with Crippen LogP contribution in [0.2, 0.25) is 5.02 Å². The van der Waals surface area contributed by atoms with Crippen LogP contribution in [0, 0.1) is 13.8 Å². The third-order valence-corrected chi connectivity index (χ3v) is 3.16. The van der Waals surface area contributed by atoms with Gasteiger partial charge in [0.15, 0.2) is 0 Å². The van der Waals surface area contributed by atoms with Crippen molar-refractivity contribution in [3.05, 3.63) is 52.5 Å². The summed E-state index contributed by atoms with van der Waals surface area (Å²) in [6.07, 6.45) is 0. The molecule has 2 aromatic carbocycles. The molecular weight excluding hydrogens is 232 g/mol. The number of aryl methyl sites for hydroxylation is 1. The molecule has 2 nitrogen and oxygen atoms in total. The third kappa shape index (κ3) is 2.53. The smallest absolute Gasteiger partial charge is 0.0620 e. The number of nitrogens with two attached hydrogens (primary N) is 1. The van der Waals surface area contributed by atoms with E-state index < -0.39 is 0 Å². The first-order valence-electron chi connectivity index (χ1n) is 5.46. The Morgan fingerprint density at radius 2 is 1.82 bits per heavy atom. The maximum absolute atomic E-state index is 6.08. The maximum atomic E-state index is 6.08. The normalized spacial score (nSPS) is 10.3. The number of nitrogens with one attached hydrogen (secondary N) is 1. The van der Waals surface area contributed by atoms with Crippen LogP contribution in [0.25, 0.3) is 0 Å². The minimum atomic E-state index is 0.731. The van der Waals surface area contributed by atoms with Crippen LogP contribution in [-0.2, 0) is 0 Å². The summed E-state index contributed by atoms with van der Waals surface area (Å²) in [5, 5.41) is 4.06. The summed E-state index contributed by atoms with van der Waals surface area (Å²) >= 11 is 6.08. The molecule has 88 valence electrons. The predicted octanol–water partition coefficient (Wildman–Crippen LogP) is 4.28. The first-order valence-corrected chi connectivity index (χ1v) is 5.84. The highest BCUT2D eigenvalue weighted by molar-refractivity contribution is 6.31. The lowest BCUT2D eigenvalue weighted by atomic mass is 10.1. The Labute approximate surface area is 106 Å². The van der Waals surface area contributed by atoms with Gasteiger partial charge in [-0.05, 0) is 49.2 Å². The van der Waals surface area contributed by atoms with E-state index in [9.17, 15) is 0 Å². The first-order chi connectivity index (χ1) is 8.08. The van der Waals surface area contributed by atoms with E-state index in [0.29, 0.717) is 0 Å². The zero-order chi connectivity index (χ0) is 12.4. The number of anilines is 3. The Morgan fingerprint density at radius 3 is 2.59 bits per heavy atom. The van der Waals surface area contributed by atoms with Crippen molar-refractivity contribution >= 4 is 28.7 Å². The summed E-state index contributed by atoms with van der Waals surface area (Å²) in [5.41, 5.74) is 10.7. The van der Waals surface area contributed by atoms with E-state index in [1.54, 1.807) is 0 Å². The van der Waals surface area contributed by atoms with Crippen molar-refractivity contribution in [3.63, 3.8) is 0 Å². The maximum Gasteiger partial charge on any atom is 0.0620 e. The van der Waals surface area contributed by atoms with Crippen LogP contribution in [0.4, 0.5) is 17.1 Å². The van der Waals surface area contributed by atoms with E-state index in [-0.39, 0.29) is 0 Å². The third-order valence-electron chi connectivity index (χ3n) is 2.75. The summed E-state index contributed by atoms with van der Waals surface area (Å²) < 4.78 is 0. The lowest BCUT2D eigenvalue weighted by molar-refractivity contribution is 1.41. The van der Waals surface area contributed by atoms with Gasteiger partial charge in [-0.25, -0.2) is 0 Å². The zero-order valence-electron chi connectivity index (χ0n) is 9.92. The van der Waals surface area contributed by atoms with Crippen molar-refractivity contribution in [2.75, 3.05) is 11.1 Å². The Bertz CT molecular complexity index is 550. The predicted molar refractivity (Wildman–Crippen MR) is 75.1 cm³/mol. The van der Waals surface area contributed by atoms with E-state index in [2.05, 4.69) is 5.32 Å². The SMILES string of the molecule is Cc1ccc(N)c(Nc2cccc(Cl)c2C)c1. The van der Waals surface area contributed by atoms with Crippen molar-refractivity contribution in [1.82, 2.24) is 0 Å². The molecule has 0 aliphatic carbocycles. The highest BCUT2D eigenvalue weighted by Crippen LogP contribution is 2.29. The molecular formula is C14H15ClN2. The number of hydrogen-bond acceptors (Lipinski definition) is 2. The fraction of sp³-hybridized carbons (Fsp3) is 0.143. The van der Waals surface area contributed by atoms with Gasteiger partial charge in [-0.15, -0.1) is 0 Å². The molecule has 0 amide bonds. The molecule has 3 N–H and O–H groups in total. The number of rotatable bonds is 2. The summed E-state index contributed by atoms with van der Waals surface area (Å²) in [6, 6.07) is 11.7. The molecule has 0 aromatic heterocycles. The highest BCUT2D eigenvalue weighted by atomic mass is 35.5. The fourth-order valence-electron chi connectivity index (χ4n) is 1.67. The van der Waals surface area contributed by atoms with Crippen molar-refractivity contribution in [3.8, 4) is 0 Å². The zero-order valence-corrected chi connectivity index (χ0v) is 10.7. The molecule has 0 unspecified atom stereocenters. The fourth-order valence-corrected chi connectivity index (χ4v) is 1.84. The van der Waals surface area contributed by atoms with Crippen LogP contribution in [0.5, 0.6) is 0 Å². The monoisotopic (exact) mass is 246 g/mol. The molecule has 3 heteroatoms. The number of benzene rings is 2. The van der Waals surface area contributed by atoms with Gasteiger partial charge >= 0.3 is 0 Å². The molecule has 2 aromatic rings. The van der Waals surface area contributed by atoms with E-state index >= 15 is 0 Å². The second-order valence-corrected chi connectivity index (χ2v) is 4.54.